The normalized spacial score (nSPS) is 19.3. The molecule has 0 unspecified atom stereocenters. The number of aryl methyl sites for hydroxylation is 2. The highest BCUT2D eigenvalue weighted by molar-refractivity contribution is 5.95. The highest BCUT2D eigenvalue weighted by atomic mass is 16.5. The molecule has 0 N–H and O–H groups in total. The highest BCUT2D eigenvalue weighted by Gasteiger charge is 2.32. The molecule has 2 aliphatic heterocycles. The van der Waals surface area contributed by atoms with Gasteiger partial charge in [-0.2, -0.15) is 0 Å². The van der Waals surface area contributed by atoms with Crippen LogP contribution in [0, 0.1) is 6.92 Å². The summed E-state index contributed by atoms with van der Waals surface area (Å²) in [7, 11) is 1.74. The second kappa shape index (κ2) is 9.67. The van der Waals surface area contributed by atoms with E-state index < -0.39 is 0 Å². The molecule has 1 fully saturated rings. The fraction of sp³-hybridized carbons (Fsp3) is 0.542. The number of methoxy groups -OCH3 is 1. The largest absolute Gasteiger partial charge is 0.383 e. The molecule has 4 rings (SSSR count). The minimum absolute atomic E-state index is 0.183. The topological polar surface area (TPSA) is 58.6 Å². The van der Waals surface area contributed by atoms with Crippen molar-refractivity contribution in [2.24, 2.45) is 0 Å². The second-order valence-electron chi connectivity index (χ2n) is 8.29. The first-order chi connectivity index (χ1) is 14.7. The Labute approximate surface area is 179 Å². The number of anilines is 1. The van der Waals surface area contributed by atoms with Crippen LogP contribution in [-0.2, 0) is 22.4 Å². The van der Waals surface area contributed by atoms with E-state index in [2.05, 4.69) is 36.1 Å². The van der Waals surface area contributed by atoms with Crippen LogP contribution in [0.3, 0.4) is 0 Å². The van der Waals surface area contributed by atoms with E-state index >= 15 is 0 Å². The van der Waals surface area contributed by atoms with Gasteiger partial charge in [0.15, 0.2) is 0 Å². The third-order valence-electron chi connectivity index (χ3n) is 6.29. The van der Waals surface area contributed by atoms with Gasteiger partial charge >= 0.3 is 0 Å². The van der Waals surface area contributed by atoms with E-state index in [-0.39, 0.29) is 11.9 Å². The summed E-state index contributed by atoms with van der Waals surface area (Å²) < 4.78 is 5.28. The Morgan fingerprint density at radius 2 is 1.97 bits per heavy atom. The SMILES string of the molecule is COCCN1CCC[C@H]1c1nc(C)c2c(n1)N(CCCc1ccccc1)C(=O)CC2. The van der Waals surface area contributed by atoms with Gasteiger partial charge in [-0.3, -0.25) is 14.6 Å². The first-order valence-corrected chi connectivity index (χ1v) is 11.1. The maximum absolute atomic E-state index is 12.8. The maximum Gasteiger partial charge on any atom is 0.228 e. The smallest absolute Gasteiger partial charge is 0.228 e. The Balaban J connectivity index is 1.54. The second-order valence-corrected chi connectivity index (χ2v) is 8.29. The summed E-state index contributed by atoms with van der Waals surface area (Å²) in [5, 5.41) is 0. The van der Waals surface area contributed by atoms with Crippen LogP contribution in [0.4, 0.5) is 5.82 Å². The Bertz CT molecular complexity index is 871. The molecular weight excluding hydrogens is 376 g/mol. The van der Waals surface area contributed by atoms with Crippen LogP contribution in [0.25, 0.3) is 0 Å². The molecule has 1 aromatic carbocycles. The van der Waals surface area contributed by atoms with Crippen molar-refractivity contribution in [2.45, 2.75) is 51.5 Å². The molecule has 0 bridgehead atoms. The lowest BCUT2D eigenvalue weighted by molar-refractivity contribution is -0.119. The summed E-state index contributed by atoms with van der Waals surface area (Å²) in [5.41, 5.74) is 3.47. The van der Waals surface area contributed by atoms with Gasteiger partial charge in [-0.05, 0) is 51.1 Å². The molecule has 3 heterocycles. The molecule has 0 spiro atoms. The molecule has 2 aliphatic rings. The molecule has 0 aliphatic carbocycles. The van der Waals surface area contributed by atoms with E-state index in [0.29, 0.717) is 19.6 Å². The summed E-state index contributed by atoms with van der Waals surface area (Å²) in [6.45, 7) is 5.42. The minimum Gasteiger partial charge on any atom is -0.383 e. The number of aromatic nitrogens is 2. The van der Waals surface area contributed by atoms with Crippen molar-refractivity contribution in [1.82, 2.24) is 14.9 Å². The molecule has 1 saturated heterocycles. The van der Waals surface area contributed by atoms with E-state index in [4.69, 9.17) is 14.7 Å². The Morgan fingerprint density at radius 1 is 1.13 bits per heavy atom. The number of ether oxygens (including phenoxy) is 1. The van der Waals surface area contributed by atoms with Gasteiger partial charge in [-0.25, -0.2) is 9.97 Å². The number of nitrogens with zero attached hydrogens (tertiary/aromatic N) is 4. The lowest BCUT2D eigenvalue weighted by Gasteiger charge is -2.31. The van der Waals surface area contributed by atoms with Crippen LogP contribution < -0.4 is 4.90 Å². The molecule has 160 valence electrons. The molecule has 6 heteroatoms. The quantitative estimate of drug-likeness (QED) is 0.669. The first-order valence-electron chi connectivity index (χ1n) is 11.1. The molecule has 1 amide bonds. The van der Waals surface area contributed by atoms with Gasteiger partial charge in [0.1, 0.15) is 11.6 Å². The average Bonchev–Trinajstić information content (AvgIpc) is 3.23. The van der Waals surface area contributed by atoms with Crippen molar-refractivity contribution in [3.05, 3.63) is 53.0 Å². The number of rotatable bonds is 8. The zero-order chi connectivity index (χ0) is 20.9. The number of carbonyl (C=O) groups is 1. The van der Waals surface area contributed by atoms with E-state index in [1.54, 1.807) is 7.11 Å². The third kappa shape index (κ3) is 4.55. The van der Waals surface area contributed by atoms with Gasteiger partial charge in [-0.15, -0.1) is 0 Å². The van der Waals surface area contributed by atoms with Gasteiger partial charge in [0.25, 0.3) is 0 Å². The summed E-state index contributed by atoms with van der Waals surface area (Å²) in [6, 6.07) is 10.7. The van der Waals surface area contributed by atoms with Crippen LogP contribution >= 0.6 is 0 Å². The summed E-state index contributed by atoms with van der Waals surface area (Å²) >= 11 is 0. The molecule has 6 nitrogen and oxygen atoms in total. The number of amides is 1. The fourth-order valence-electron chi connectivity index (χ4n) is 4.66. The molecular formula is C24H32N4O2. The lowest BCUT2D eigenvalue weighted by atomic mass is 10.0. The van der Waals surface area contributed by atoms with Crippen molar-refractivity contribution in [3.63, 3.8) is 0 Å². The standard InChI is InChI=1S/C24H32N4O2/c1-18-20-12-13-22(29)28(15-6-10-19-8-4-3-5-9-19)24(20)26-23(25-18)21-11-7-14-27(21)16-17-30-2/h3-5,8-9,21H,6-7,10-17H2,1-2H3/t21-/m0/s1. The Morgan fingerprint density at radius 3 is 2.77 bits per heavy atom. The predicted molar refractivity (Wildman–Crippen MR) is 118 cm³/mol. The zero-order valence-corrected chi connectivity index (χ0v) is 18.1. The van der Waals surface area contributed by atoms with Gasteiger partial charge in [0.2, 0.25) is 5.91 Å². The molecule has 0 saturated carbocycles. The minimum atomic E-state index is 0.183. The van der Waals surface area contributed by atoms with Gasteiger partial charge in [-0.1, -0.05) is 30.3 Å². The van der Waals surface area contributed by atoms with Gasteiger partial charge in [0.05, 0.1) is 12.6 Å². The van der Waals surface area contributed by atoms with E-state index in [9.17, 15) is 4.79 Å². The fourth-order valence-corrected chi connectivity index (χ4v) is 4.66. The van der Waals surface area contributed by atoms with Crippen LogP contribution in [0.2, 0.25) is 0 Å². The average molecular weight is 409 g/mol. The van der Waals surface area contributed by atoms with Crippen molar-refractivity contribution >= 4 is 11.7 Å². The van der Waals surface area contributed by atoms with Crippen molar-refractivity contribution in [3.8, 4) is 0 Å². The van der Waals surface area contributed by atoms with Crippen LogP contribution in [0.15, 0.2) is 30.3 Å². The van der Waals surface area contributed by atoms with Crippen LogP contribution in [0.5, 0.6) is 0 Å². The molecule has 30 heavy (non-hydrogen) atoms. The molecule has 2 aromatic rings. The monoisotopic (exact) mass is 408 g/mol. The summed E-state index contributed by atoms with van der Waals surface area (Å²) in [6.07, 6.45) is 5.39. The Hall–Kier alpha value is -2.31. The number of carbonyl (C=O) groups excluding carboxylic acids is 1. The first kappa shape index (κ1) is 20.9. The van der Waals surface area contributed by atoms with Crippen LogP contribution in [-0.4, -0.2) is 54.1 Å². The summed E-state index contributed by atoms with van der Waals surface area (Å²) in [4.78, 5) is 27.0. The third-order valence-corrected chi connectivity index (χ3v) is 6.29. The van der Waals surface area contributed by atoms with Gasteiger partial charge < -0.3 is 4.74 Å². The number of hydrogen-bond donors (Lipinski definition) is 0. The number of likely N-dealkylation sites (tertiary alicyclic amines) is 1. The highest BCUT2D eigenvalue weighted by Crippen LogP contribution is 2.34. The predicted octanol–water partition coefficient (Wildman–Crippen LogP) is 3.48. The number of hydrogen-bond acceptors (Lipinski definition) is 5. The van der Waals surface area contributed by atoms with Gasteiger partial charge in [0, 0.05) is 37.9 Å². The van der Waals surface area contributed by atoms with Crippen LogP contribution in [0.1, 0.15) is 54.4 Å². The molecule has 1 aromatic heterocycles. The Kier molecular flexibility index (Phi) is 6.75. The van der Waals surface area contributed by atoms with E-state index in [1.165, 1.54) is 5.56 Å². The van der Waals surface area contributed by atoms with Crippen molar-refractivity contribution < 1.29 is 9.53 Å². The van der Waals surface area contributed by atoms with E-state index in [0.717, 1.165) is 68.1 Å². The molecule has 1 atom stereocenters. The summed E-state index contributed by atoms with van der Waals surface area (Å²) in [5.74, 6) is 1.89. The number of benzene rings is 1. The lowest BCUT2D eigenvalue weighted by Crippen LogP contribution is -2.38. The number of fused-ring (bicyclic) bond motifs is 1. The van der Waals surface area contributed by atoms with Crippen molar-refractivity contribution in [1.29, 1.82) is 0 Å². The zero-order valence-electron chi connectivity index (χ0n) is 18.1. The molecule has 0 radical (unpaired) electrons. The maximum atomic E-state index is 12.8. The van der Waals surface area contributed by atoms with Crippen molar-refractivity contribution in [2.75, 3.05) is 38.3 Å². The van der Waals surface area contributed by atoms with E-state index in [1.807, 2.05) is 11.0 Å².